The van der Waals surface area contributed by atoms with Crippen LogP contribution in [-0.4, -0.2) is 25.1 Å². The van der Waals surface area contributed by atoms with E-state index >= 15 is 0 Å². The molecule has 0 atom stereocenters. The molecule has 112 valence electrons. The predicted octanol–water partition coefficient (Wildman–Crippen LogP) is 2.25. The van der Waals surface area contributed by atoms with Crippen LogP contribution in [0.4, 0.5) is 10.1 Å². The van der Waals surface area contributed by atoms with E-state index in [0.29, 0.717) is 5.56 Å². The fourth-order valence-corrected chi connectivity index (χ4v) is 1.96. The summed E-state index contributed by atoms with van der Waals surface area (Å²) in [5.41, 5.74) is 0.489. The van der Waals surface area contributed by atoms with Gasteiger partial charge >= 0.3 is 0 Å². The SMILES string of the molecule is N#Cc1cc([N+](=O)[O-])ccc1-n1nnc(-c2cccc(F)c2)n1. The lowest BCUT2D eigenvalue weighted by Crippen LogP contribution is -2.03. The maximum absolute atomic E-state index is 13.2. The van der Waals surface area contributed by atoms with Crippen molar-refractivity contribution in [3.8, 4) is 23.1 Å². The van der Waals surface area contributed by atoms with Gasteiger partial charge in [-0.25, -0.2) is 4.39 Å². The third-order valence-corrected chi connectivity index (χ3v) is 3.02. The van der Waals surface area contributed by atoms with Crippen LogP contribution >= 0.6 is 0 Å². The summed E-state index contributed by atoms with van der Waals surface area (Å²) in [6.07, 6.45) is 0. The zero-order valence-corrected chi connectivity index (χ0v) is 11.4. The van der Waals surface area contributed by atoms with Gasteiger partial charge in [0.05, 0.1) is 10.5 Å². The fourth-order valence-electron chi connectivity index (χ4n) is 1.96. The van der Waals surface area contributed by atoms with Crippen LogP contribution in [0.3, 0.4) is 0 Å². The number of nitro benzene ring substituents is 1. The van der Waals surface area contributed by atoms with Crippen LogP contribution < -0.4 is 0 Å². The number of nitriles is 1. The summed E-state index contributed by atoms with van der Waals surface area (Å²) in [6.45, 7) is 0. The third-order valence-electron chi connectivity index (χ3n) is 3.02. The van der Waals surface area contributed by atoms with Crippen molar-refractivity contribution in [2.24, 2.45) is 0 Å². The van der Waals surface area contributed by atoms with Crippen molar-refractivity contribution in [3.63, 3.8) is 0 Å². The van der Waals surface area contributed by atoms with Crippen LogP contribution in [0, 0.1) is 27.3 Å². The molecule has 0 saturated carbocycles. The van der Waals surface area contributed by atoms with Crippen LogP contribution in [-0.2, 0) is 0 Å². The Balaban J connectivity index is 2.04. The second kappa shape index (κ2) is 5.61. The highest BCUT2D eigenvalue weighted by molar-refractivity contribution is 5.56. The smallest absolute Gasteiger partial charge is 0.258 e. The molecule has 0 unspecified atom stereocenters. The molecule has 0 saturated heterocycles. The number of rotatable bonds is 3. The van der Waals surface area contributed by atoms with E-state index in [4.69, 9.17) is 5.26 Å². The lowest BCUT2D eigenvalue weighted by molar-refractivity contribution is -0.384. The first-order valence-corrected chi connectivity index (χ1v) is 6.33. The number of tetrazole rings is 1. The Hall–Kier alpha value is -3.67. The summed E-state index contributed by atoms with van der Waals surface area (Å²) in [7, 11) is 0. The maximum atomic E-state index is 13.2. The van der Waals surface area contributed by atoms with Crippen molar-refractivity contribution in [1.29, 1.82) is 5.26 Å². The number of non-ortho nitro benzene ring substituents is 1. The second-order valence-electron chi connectivity index (χ2n) is 4.48. The highest BCUT2D eigenvalue weighted by Gasteiger charge is 2.15. The number of hydrogen-bond acceptors (Lipinski definition) is 6. The first kappa shape index (κ1) is 14.3. The first-order valence-electron chi connectivity index (χ1n) is 6.33. The number of nitrogens with zero attached hydrogens (tertiary/aromatic N) is 6. The van der Waals surface area contributed by atoms with Crippen molar-refractivity contribution in [2.75, 3.05) is 0 Å². The van der Waals surface area contributed by atoms with Crippen LogP contribution in [0.15, 0.2) is 42.5 Å². The van der Waals surface area contributed by atoms with Crippen LogP contribution in [0.25, 0.3) is 17.1 Å². The van der Waals surface area contributed by atoms with Gasteiger partial charge in [0.25, 0.3) is 5.69 Å². The average Bonchev–Trinajstić information content (AvgIpc) is 3.04. The van der Waals surface area contributed by atoms with Gasteiger partial charge in [-0.05, 0) is 23.4 Å². The minimum Gasteiger partial charge on any atom is -0.258 e. The Morgan fingerprint density at radius 1 is 1.26 bits per heavy atom. The lowest BCUT2D eigenvalue weighted by Gasteiger charge is -2.01. The molecule has 23 heavy (non-hydrogen) atoms. The zero-order valence-electron chi connectivity index (χ0n) is 11.4. The molecule has 1 heterocycles. The highest BCUT2D eigenvalue weighted by atomic mass is 19.1. The molecule has 0 fully saturated rings. The third kappa shape index (κ3) is 2.73. The molecule has 3 rings (SSSR count). The van der Waals surface area contributed by atoms with Gasteiger partial charge in [0.2, 0.25) is 5.82 Å². The summed E-state index contributed by atoms with van der Waals surface area (Å²) in [4.78, 5) is 11.2. The van der Waals surface area contributed by atoms with Gasteiger partial charge in [-0.15, -0.1) is 15.0 Å². The van der Waals surface area contributed by atoms with Crippen molar-refractivity contribution < 1.29 is 9.31 Å². The topological polar surface area (TPSA) is 111 Å². The van der Waals surface area contributed by atoms with Gasteiger partial charge < -0.3 is 0 Å². The molecule has 0 spiro atoms. The molecular weight excluding hydrogens is 303 g/mol. The number of halogens is 1. The number of benzene rings is 2. The maximum Gasteiger partial charge on any atom is 0.270 e. The second-order valence-corrected chi connectivity index (χ2v) is 4.48. The first-order chi connectivity index (χ1) is 11.1. The fraction of sp³-hybridized carbons (Fsp3) is 0. The number of nitro groups is 1. The highest BCUT2D eigenvalue weighted by Crippen LogP contribution is 2.21. The van der Waals surface area contributed by atoms with Gasteiger partial charge in [-0.2, -0.15) is 5.26 Å². The van der Waals surface area contributed by atoms with E-state index in [-0.39, 0.29) is 22.8 Å². The molecular formula is C14H7FN6O2. The molecule has 0 aliphatic rings. The van der Waals surface area contributed by atoms with Gasteiger partial charge in [-0.3, -0.25) is 10.1 Å². The van der Waals surface area contributed by atoms with E-state index in [2.05, 4.69) is 15.4 Å². The normalized spacial score (nSPS) is 10.3. The van der Waals surface area contributed by atoms with Gasteiger partial charge in [0, 0.05) is 17.7 Å². The van der Waals surface area contributed by atoms with E-state index in [9.17, 15) is 14.5 Å². The van der Waals surface area contributed by atoms with E-state index < -0.39 is 10.7 Å². The van der Waals surface area contributed by atoms with Crippen molar-refractivity contribution in [1.82, 2.24) is 20.2 Å². The number of aromatic nitrogens is 4. The van der Waals surface area contributed by atoms with E-state index in [0.717, 1.165) is 10.9 Å². The van der Waals surface area contributed by atoms with Crippen LogP contribution in [0.2, 0.25) is 0 Å². The van der Waals surface area contributed by atoms with Crippen molar-refractivity contribution >= 4 is 5.69 Å². The molecule has 0 amide bonds. The van der Waals surface area contributed by atoms with Crippen LogP contribution in [0.1, 0.15) is 5.56 Å². The largest absolute Gasteiger partial charge is 0.270 e. The number of hydrogen-bond donors (Lipinski definition) is 0. The minimum absolute atomic E-state index is 0.0300. The molecule has 0 aliphatic carbocycles. The lowest BCUT2D eigenvalue weighted by atomic mass is 10.2. The summed E-state index contributed by atoms with van der Waals surface area (Å²) in [5, 5.41) is 31.6. The monoisotopic (exact) mass is 310 g/mol. The van der Waals surface area contributed by atoms with Crippen LogP contribution in [0.5, 0.6) is 0 Å². The molecule has 0 N–H and O–H groups in total. The molecule has 1 aromatic heterocycles. The van der Waals surface area contributed by atoms with E-state index in [1.165, 1.54) is 30.3 Å². The molecule has 2 aromatic carbocycles. The van der Waals surface area contributed by atoms with Gasteiger partial charge in [-0.1, -0.05) is 12.1 Å². The van der Waals surface area contributed by atoms with E-state index in [1.807, 2.05) is 6.07 Å². The molecule has 3 aromatic rings. The van der Waals surface area contributed by atoms with E-state index in [1.54, 1.807) is 6.07 Å². The van der Waals surface area contributed by atoms with Gasteiger partial charge in [0.15, 0.2) is 0 Å². The standard InChI is InChI=1S/C14H7FN6O2/c15-11-3-1-2-9(6-11)14-17-19-20(18-14)13-5-4-12(21(22)23)7-10(13)8-16/h1-7H. The molecule has 0 radical (unpaired) electrons. The summed E-state index contributed by atoms with van der Waals surface area (Å²) in [6, 6.07) is 11.2. The molecule has 9 heteroatoms. The Bertz CT molecular complexity index is 946. The minimum atomic E-state index is -0.600. The molecule has 8 nitrogen and oxygen atoms in total. The van der Waals surface area contributed by atoms with Crippen molar-refractivity contribution in [2.45, 2.75) is 0 Å². The Morgan fingerprint density at radius 2 is 2.09 bits per heavy atom. The quantitative estimate of drug-likeness (QED) is 0.542. The predicted molar refractivity (Wildman–Crippen MR) is 75.9 cm³/mol. The summed E-state index contributed by atoms with van der Waals surface area (Å²) < 4.78 is 13.2. The Morgan fingerprint density at radius 3 is 2.78 bits per heavy atom. The summed E-state index contributed by atoms with van der Waals surface area (Å²) >= 11 is 0. The average molecular weight is 310 g/mol. The Kier molecular flexibility index (Phi) is 3.48. The Labute approximate surface area is 128 Å². The van der Waals surface area contributed by atoms with Crippen molar-refractivity contribution in [3.05, 3.63) is 64.0 Å². The zero-order chi connectivity index (χ0) is 16.4. The molecule has 0 bridgehead atoms. The summed E-state index contributed by atoms with van der Waals surface area (Å²) in [5.74, 6) is -0.265. The van der Waals surface area contributed by atoms with Gasteiger partial charge in [0.1, 0.15) is 17.6 Å². The molecule has 0 aliphatic heterocycles.